The molecular formula is C12H9FN4. The number of nitrogens with one attached hydrogen (secondary N) is 1. The lowest BCUT2D eigenvalue weighted by Gasteiger charge is -2.04. The molecule has 1 N–H and O–H groups in total. The van der Waals surface area contributed by atoms with Gasteiger partial charge in [0, 0.05) is 18.7 Å². The number of nitrogens with zero attached hydrogens (tertiary/aromatic N) is 3. The van der Waals surface area contributed by atoms with Crippen LogP contribution in [0.5, 0.6) is 0 Å². The molecule has 2 aromatic rings. The number of hydrogen-bond donors (Lipinski definition) is 1. The average Bonchev–Trinajstić information content (AvgIpc) is 2.88. The van der Waals surface area contributed by atoms with E-state index in [4.69, 9.17) is 5.26 Å². The molecule has 0 radical (unpaired) electrons. The van der Waals surface area contributed by atoms with Gasteiger partial charge in [0.2, 0.25) is 0 Å². The number of nitriles is 1. The largest absolute Gasteiger partial charge is 0.307 e. The molecule has 1 aromatic carbocycles. The lowest BCUT2D eigenvalue weighted by Crippen LogP contribution is -2.08. The lowest BCUT2D eigenvalue weighted by atomic mass is 10.2. The maximum atomic E-state index is 13.2. The number of halogens is 1. The van der Waals surface area contributed by atoms with Gasteiger partial charge in [-0.25, -0.2) is 9.07 Å². The van der Waals surface area contributed by atoms with Gasteiger partial charge in [0.05, 0.1) is 11.4 Å². The van der Waals surface area contributed by atoms with Gasteiger partial charge in [-0.05, 0) is 18.2 Å². The zero-order chi connectivity index (χ0) is 11.8. The molecule has 0 saturated heterocycles. The predicted octanol–water partition coefficient (Wildman–Crippen LogP) is 1.49. The molecule has 0 atom stereocenters. The second-order valence-electron chi connectivity index (χ2n) is 3.88. The topological polar surface area (TPSA) is 53.6 Å². The van der Waals surface area contributed by atoms with Crippen LogP contribution in [0.1, 0.15) is 17.0 Å². The summed E-state index contributed by atoms with van der Waals surface area (Å²) in [5.41, 5.74) is 2.84. The minimum atomic E-state index is -0.333. The lowest BCUT2D eigenvalue weighted by molar-refractivity contribution is 0.624. The average molecular weight is 228 g/mol. The number of aromatic nitrogens is 2. The van der Waals surface area contributed by atoms with Gasteiger partial charge < -0.3 is 5.32 Å². The zero-order valence-electron chi connectivity index (χ0n) is 8.94. The Bertz CT molecular complexity index is 624. The van der Waals surface area contributed by atoms with Crippen LogP contribution < -0.4 is 5.32 Å². The van der Waals surface area contributed by atoms with Gasteiger partial charge >= 0.3 is 0 Å². The van der Waals surface area contributed by atoms with E-state index in [0.717, 1.165) is 11.3 Å². The van der Waals surface area contributed by atoms with E-state index in [2.05, 4.69) is 16.5 Å². The molecule has 0 saturated carbocycles. The van der Waals surface area contributed by atoms with Crippen molar-refractivity contribution in [1.29, 1.82) is 5.26 Å². The van der Waals surface area contributed by atoms with Crippen molar-refractivity contribution in [2.24, 2.45) is 0 Å². The molecule has 84 valence electrons. The van der Waals surface area contributed by atoms with Crippen molar-refractivity contribution in [3.05, 3.63) is 47.0 Å². The Labute approximate surface area is 97.3 Å². The molecule has 2 heterocycles. The Morgan fingerprint density at radius 3 is 3.06 bits per heavy atom. The first-order valence-electron chi connectivity index (χ1n) is 5.27. The Balaban J connectivity index is 2.19. The molecule has 1 aromatic heterocycles. The minimum absolute atomic E-state index is 0.333. The third-order valence-corrected chi connectivity index (χ3v) is 2.82. The summed E-state index contributed by atoms with van der Waals surface area (Å²) in [5.74, 6) is -0.333. The van der Waals surface area contributed by atoms with Crippen molar-refractivity contribution in [3.8, 4) is 11.8 Å². The summed E-state index contributed by atoms with van der Waals surface area (Å²) in [7, 11) is 0. The van der Waals surface area contributed by atoms with E-state index in [0.29, 0.717) is 24.5 Å². The summed E-state index contributed by atoms with van der Waals surface area (Å²) < 4.78 is 14.7. The normalized spacial score (nSPS) is 13.4. The second kappa shape index (κ2) is 3.68. The third-order valence-electron chi connectivity index (χ3n) is 2.82. The summed E-state index contributed by atoms with van der Waals surface area (Å²) >= 11 is 0. The van der Waals surface area contributed by atoms with E-state index in [-0.39, 0.29) is 5.82 Å². The van der Waals surface area contributed by atoms with Gasteiger partial charge in [0.1, 0.15) is 17.6 Å². The first kappa shape index (κ1) is 10.00. The maximum Gasteiger partial charge on any atom is 0.149 e. The van der Waals surface area contributed by atoms with Crippen LogP contribution in [-0.2, 0) is 13.1 Å². The van der Waals surface area contributed by atoms with Crippen LogP contribution in [0.15, 0.2) is 24.3 Å². The summed E-state index contributed by atoms with van der Waals surface area (Å²) in [6, 6.07) is 8.22. The van der Waals surface area contributed by atoms with Crippen molar-refractivity contribution in [2.75, 3.05) is 0 Å². The molecule has 3 rings (SSSR count). The van der Waals surface area contributed by atoms with Crippen LogP contribution in [-0.4, -0.2) is 9.78 Å². The van der Waals surface area contributed by atoms with Crippen molar-refractivity contribution in [3.63, 3.8) is 0 Å². The summed E-state index contributed by atoms with van der Waals surface area (Å²) in [4.78, 5) is 0. The molecule has 17 heavy (non-hydrogen) atoms. The number of rotatable bonds is 1. The quantitative estimate of drug-likeness (QED) is 0.804. The van der Waals surface area contributed by atoms with Gasteiger partial charge in [-0.2, -0.15) is 10.4 Å². The van der Waals surface area contributed by atoms with E-state index in [1.54, 1.807) is 12.1 Å². The van der Waals surface area contributed by atoms with Crippen molar-refractivity contribution < 1.29 is 4.39 Å². The highest BCUT2D eigenvalue weighted by Gasteiger charge is 2.22. The molecule has 5 heteroatoms. The third kappa shape index (κ3) is 1.50. The molecule has 4 nitrogen and oxygen atoms in total. The van der Waals surface area contributed by atoms with Crippen LogP contribution in [0.2, 0.25) is 0 Å². The Kier molecular flexibility index (Phi) is 2.16. The Hall–Kier alpha value is -2.19. The second-order valence-corrected chi connectivity index (χ2v) is 3.88. The first-order chi connectivity index (χ1) is 8.29. The molecule has 0 amide bonds. The zero-order valence-corrected chi connectivity index (χ0v) is 8.94. The molecule has 1 aliphatic heterocycles. The fourth-order valence-corrected chi connectivity index (χ4v) is 2.04. The molecule has 0 bridgehead atoms. The summed E-state index contributed by atoms with van der Waals surface area (Å²) in [6.45, 7) is 1.31. The smallest absolute Gasteiger partial charge is 0.149 e. The van der Waals surface area contributed by atoms with Crippen LogP contribution >= 0.6 is 0 Å². The highest BCUT2D eigenvalue weighted by Crippen LogP contribution is 2.22. The van der Waals surface area contributed by atoms with Gasteiger partial charge in [-0.3, -0.25) is 0 Å². The Morgan fingerprint density at radius 2 is 2.29 bits per heavy atom. The molecule has 0 fully saturated rings. The summed E-state index contributed by atoms with van der Waals surface area (Å²) in [5, 5.41) is 16.6. The molecule has 1 aliphatic rings. The van der Waals surface area contributed by atoms with Crippen molar-refractivity contribution in [1.82, 2.24) is 15.1 Å². The minimum Gasteiger partial charge on any atom is -0.307 e. The fourth-order valence-electron chi connectivity index (χ4n) is 2.04. The standard InChI is InChI=1S/C12H9FN4/c13-8-2-1-3-9(4-8)17-12(5-14)10-6-15-7-11(10)16-17/h1-4,15H,6-7H2. The van der Waals surface area contributed by atoms with Gasteiger partial charge in [0.25, 0.3) is 0 Å². The SMILES string of the molecule is N#Cc1c2c(nn1-c1cccc(F)c1)CNC2. The van der Waals surface area contributed by atoms with Crippen LogP contribution in [0.25, 0.3) is 5.69 Å². The van der Waals surface area contributed by atoms with Crippen LogP contribution in [0.3, 0.4) is 0 Å². The highest BCUT2D eigenvalue weighted by atomic mass is 19.1. The fraction of sp³-hybridized carbons (Fsp3) is 0.167. The summed E-state index contributed by atoms with van der Waals surface area (Å²) in [6.07, 6.45) is 0. The first-order valence-corrected chi connectivity index (χ1v) is 5.27. The van der Waals surface area contributed by atoms with Crippen molar-refractivity contribution in [2.45, 2.75) is 13.1 Å². The van der Waals surface area contributed by atoms with E-state index < -0.39 is 0 Å². The van der Waals surface area contributed by atoms with E-state index >= 15 is 0 Å². The van der Waals surface area contributed by atoms with Gasteiger partial charge in [-0.15, -0.1) is 0 Å². The van der Waals surface area contributed by atoms with Crippen LogP contribution in [0, 0.1) is 17.1 Å². The van der Waals surface area contributed by atoms with Crippen molar-refractivity contribution >= 4 is 0 Å². The van der Waals surface area contributed by atoms with Crippen LogP contribution in [0.4, 0.5) is 4.39 Å². The molecule has 0 unspecified atom stereocenters. The number of fused-ring (bicyclic) bond motifs is 1. The Morgan fingerprint density at radius 1 is 1.41 bits per heavy atom. The molecular weight excluding hydrogens is 219 g/mol. The van der Waals surface area contributed by atoms with E-state index in [1.165, 1.54) is 16.8 Å². The molecule has 0 aliphatic carbocycles. The van der Waals surface area contributed by atoms with E-state index in [1.807, 2.05) is 0 Å². The number of hydrogen-bond acceptors (Lipinski definition) is 3. The van der Waals surface area contributed by atoms with E-state index in [9.17, 15) is 4.39 Å². The highest BCUT2D eigenvalue weighted by molar-refractivity contribution is 5.44. The monoisotopic (exact) mass is 228 g/mol. The predicted molar refractivity (Wildman–Crippen MR) is 58.8 cm³/mol. The maximum absolute atomic E-state index is 13.2. The van der Waals surface area contributed by atoms with Gasteiger partial charge in [0.15, 0.2) is 0 Å². The van der Waals surface area contributed by atoms with Gasteiger partial charge in [-0.1, -0.05) is 6.07 Å². The molecule has 0 spiro atoms. The number of benzene rings is 1.